The molecule has 2 aliphatic rings. The Morgan fingerprint density at radius 2 is 2.21 bits per heavy atom. The van der Waals surface area contributed by atoms with E-state index in [0.29, 0.717) is 17.3 Å². The molecule has 0 aromatic carbocycles. The molecule has 0 aromatic heterocycles. The zero-order chi connectivity index (χ0) is 13.7. The minimum Gasteiger partial charge on any atom is -0.372 e. The molecule has 2 heterocycles. The normalized spacial score (nSPS) is 30.8. The van der Waals surface area contributed by atoms with E-state index in [0.717, 1.165) is 5.84 Å². The maximum absolute atomic E-state index is 4.81. The Morgan fingerprint density at radius 1 is 1.37 bits per heavy atom. The monoisotopic (exact) mass is 280 g/mol. The highest BCUT2D eigenvalue weighted by Gasteiger charge is 2.29. The van der Waals surface area contributed by atoms with Gasteiger partial charge in [-0.05, 0) is 44.4 Å². The summed E-state index contributed by atoms with van der Waals surface area (Å²) in [6.07, 6.45) is 11.6. The summed E-state index contributed by atoms with van der Waals surface area (Å²) < 4.78 is 0. The number of amidine groups is 1. The quantitative estimate of drug-likeness (QED) is 0.724. The van der Waals surface area contributed by atoms with Gasteiger partial charge in [-0.3, -0.25) is 4.99 Å². The van der Waals surface area contributed by atoms with Crippen LogP contribution in [0.1, 0.15) is 65.7 Å². The van der Waals surface area contributed by atoms with Gasteiger partial charge in [-0.25, -0.2) is 0 Å². The molecule has 0 aromatic rings. The van der Waals surface area contributed by atoms with Gasteiger partial charge in [0.05, 0.1) is 11.9 Å². The van der Waals surface area contributed by atoms with Gasteiger partial charge in [0.25, 0.3) is 0 Å². The van der Waals surface area contributed by atoms with Crippen molar-refractivity contribution < 1.29 is 0 Å². The van der Waals surface area contributed by atoms with Gasteiger partial charge in [0, 0.05) is 11.3 Å². The van der Waals surface area contributed by atoms with Crippen molar-refractivity contribution in [3.63, 3.8) is 0 Å². The maximum atomic E-state index is 4.81. The van der Waals surface area contributed by atoms with Crippen molar-refractivity contribution in [1.82, 2.24) is 5.32 Å². The first-order chi connectivity index (χ1) is 9.19. The maximum Gasteiger partial charge on any atom is 0.0937 e. The van der Waals surface area contributed by atoms with Gasteiger partial charge in [0.15, 0.2) is 0 Å². The number of thioether (sulfide) groups is 1. The summed E-state index contributed by atoms with van der Waals surface area (Å²) in [6, 6.07) is 1.10. The van der Waals surface area contributed by atoms with E-state index >= 15 is 0 Å². The molecular formula is C16H28N2S. The first-order valence-corrected chi connectivity index (χ1v) is 8.73. The molecule has 3 unspecified atom stereocenters. The summed E-state index contributed by atoms with van der Waals surface area (Å²) in [7, 11) is 0. The Bertz CT molecular complexity index is 349. The summed E-state index contributed by atoms with van der Waals surface area (Å²) in [5.41, 5.74) is 0. The van der Waals surface area contributed by atoms with Crippen molar-refractivity contribution in [1.29, 1.82) is 0 Å². The minimum atomic E-state index is 0.519. The summed E-state index contributed by atoms with van der Waals surface area (Å²) in [4.78, 5) is 6.44. The van der Waals surface area contributed by atoms with Gasteiger partial charge in [-0.15, -0.1) is 11.8 Å². The van der Waals surface area contributed by atoms with E-state index < -0.39 is 0 Å². The Balaban J connectivity index is 1.75. The molecule has 0 fully saturated rings. The van der Waals surface area contributed by atoms with Gasteiger partial charge < -0.3 is 5.32 Å². The third-order valence-corrected chi connectivity index (χ3v) is 5.48. The van der Waals surface area contributed by atoms with Crippen LogP contribution in [-0.4, -0.2) is 23.2 Å². The van der Waals surface area contributed by atoms with Gasteiger partial charge in [-0.2, -0.15) is 0 Å². The average molecular weight is 280 g/mol. The molecule has 2 aliphatic heterocycles. The van der Waals surface area contributed by atoms with Crippen molar-refractivity contribution in [3.8, 4) is 0 Å². The summed E-state index contributed by atoms with van der Waals surface area (Å²) in [5.74, 6) is 1.13. The van der Waals surface area contributed by atoms with Gasteiger partial charge in [0.1, 0.15) is 0 Å². The van der Waals surface area contributed by atoms with Crippen molar-refractivity contribution in [3.05, 3.63) is 11.0 Å². The van der Waals surface area contributed by atoms with Gasteiger partial charge in [-0.1, -0.05) is 32.3 Å². The van der Waals surface area contributed by atoms with Crippen molar-refractivity contribution in [2.45, 2.75) is 83.1 Å². The van der Waals surface area contributed by atoms with Crippen LogP contribution in [0.3, 0.4) is 0 Å². The SMILES string of the molecule is CCCCCCC1=CCC(C2CC(C)NC(C)=N2)S1. The lowest BCUT2D eigenvalue weighted by Gasteiger charge is -2.29. The van der Waals surface area contributed by atoms with Crippen LogP contribution in [-0.2, 0) is 0 Å². The van der Waals surface area contributed by atoms with Crippen LogP contribution in [0.15, 0.2) is 16.0 Å². The number of hydrogen-bond donors (Lipinski definition) is 1. The zero-order valence-corrected chi connectivity index (χ0v) is 13.4. The van der Waals surface area contributed by atoms with Crippen LogP contribution >= 0.6 is 11.8 Å². The topological polar surface area (TPSA) is 24.4 Å². The second-order valence-corrected chi connectivity index (χ2v) is 7.30. The highest BCUT2D eigenvalue weighted by Crippen LogP contribution is 2.39. The summed E-state index contributed by atoms with van der Waals surface area (Å²) in [6.45, 7) is 6.64. The molecule has 0 saturated heterocycles. The predicted molar refractivity (Wildman–Crippen MR) is 86.9 cm³/mol. The van der Waals surface area contributed by atoms with Crippen LogP contribution in [0, 0.1) is 0 Å². The Morgan fingerprint density at radius 3 is 2.95 bits per heavy atom. The molecule has 1 N–H and O–H groups in total. The van der Waals surface area contributed by atoms with Crippen molar-refractivity contribution in [2.75, 3.05) is 0 Å². The van der Waals surface area contributed by atoms with Crippen molar-refractivity contribution >= 4 is 17.6 Å². The largest absolute Gasteiger partial charge is 0.372 e. The lowest BCUT2D eigenvalue weighted by molar-refractivity contribution is 0.478. The smallest absolute Gasteiger partial charge is 0.0937 e. The first-order valence-electron chi connectivity index (χ1n) is 7.85. The number of nitrogens with zero attached hydrogens (tertiary/aromatic N) is 1. The molecule has 0 radical (unpaired) electrons. The predicted octanol–water partition coefficient (Wildman–Crippen LogP) is 4.52. The van der Waals surface area contributed by atoms with E-state index in [1.165, 1.54) is 44.9 Å². The number of rotatable bonds is 6. The molecule has 2 rings (SSSR count). The second-order valence-electron chi connectivity index (χ2n) is 5.94. The molecule has 0 aliphatic carbocycles. The van der Waals surface area contributed by atoms with Crippen LogP contribution in [0.2, 0.25) is 0 Å². The first kappa shape index (κ1) is 15.0. The standard InChI is InChI=1S/C16H28N2S/c1-4-5-6-7-8-14-9-10-16(19-14)15-11-12(2)17-13(3)18-15/h9,12,15-16H,4-8,10-11H2,1-3H3,(H,17,18). The Kier molecular flexibility index (Phi) is 5.80. The zero-order valence-electron chi connectivity index (χ0n) is 12.6. The van der Waals surface area contributed by atoms with Crippen LogP contribution in [0.5, 0.6) is 0 Å². The lowest BCUT2D eigenvalue weighted by atomic mass is 10.0. The lowest BCUT2D eigenvalue weighted by Crippen LogP contribution is -2.41. The minimum absolute atomic E-state index is 0.519. The molecule has 0 amide bonds. The number of nitrogens with one attached hydrogen (secondary N) is 1. The molecule has 0 bridgehead atoms. The number of unbranched alkanes of at least 4 members (excludes halogenated alkanes) is 3. The molecule has 0 saturated carbocycles. The average Bonchev–Trinajstić information content (AvgIpc) is 2.82. The van der Waals surface area contributed by atoms with E-state index in [-0.39, 0.29) is 0 Å². The fraction of sp³-hybridized carbons (Fsp3) is 0.812. The van der Waals surface area contributed by atoms with Crippen molar-refractivity contribution in [2.24, 2.45) is 4.99 Å². The fourth-order valence-corrected chi connectivity index (χ4v) is 4.38. The molecule has 2 nitrogen and oxygen atoms in total. The van der Waals surface area contributed by atoms with E-state index in [1.54, 1.807) is 4.91 Å². The summed E-state index contributed by atoms with van der Waals surface area (Å²) in [5, 5.41) is 4.11. The molecule has 108 valence electrons. The third kappa shape index (κ3) is 4.55. The highest BCUT2D eigenvalue weighted by molar-refractivity contribution is 8.04. The van der Waals surface area contributed by atoms with Crippen LogP contribution in [0.4, 0.5) is 0 Å². The molecular weight excluding hydrogens is 252 g/mol. The van der Waals surface area contributed by atoms with Gasteiger partial charge in [0.2, 0.25) is 0 Å². The second kappa shape index (κ2) is 7.37. The highest BCUT2D eigenvalue weighted by atomic mass is 32.2. The third-order valence-electron chi connectivity index (χ3n) is 4.00. The van der Waals surface area contributed by atoms with E-state index in [1.807, 2.05) is 0 Å². The van der Waals surface area contributed by atoms with E-state index in [2.05, 4.69) is 43.9 Å². The molecule has 3 heteroatoms. The van der Waals surface area contributed by atoms with Gasteiger partial charge >= 0.3 is 0 Å². The van der Waals surface area contributed by atoms with E-state index in [9.17, 15) is 0 Å². The number of hydrogen-bond acceptors (Lipinski definition) is 3. The molecule has 0 spiro atoms. The number of allylic oxidation sites excluding steroid dienone is 2. The van der Waals surface area contributed by atoms with E-state index in [4.69, 9.17) is 4.99 Å². The molecule has 3 atom stereocenters. The van der Waals surface area contributed by atoms with Crippen LogP contribution < -0.4 is 5.32 Å². The molecule has 19 heavy (non-hydrogen) atoms. The summed E-state index contributed by atoms with van der Waals surface area (Å²) >= 11 is 2.11. The Labute approximate surface area is 122 Å². The van der Waals surface area contributed by atoms with Crippen LogP contribution in [0.25, 0.3) is 0 Å². The Hall–Kier alpha value is -0.440. The fourth-order valence-electron chi connectivity index (χ4n) is 3.01. The number of aliphatic imine (C=N–C) groups is 1.